The Hall–Kier alpha value is -3.86. The number of sulfonamides is 1. The van der Waals surface area contributed by atoms with Gasteiger partial charge in [-0.25, -0.2) is 13.2 Å². The van der Waals surface area contributed by atoms with E-state index >= 15 is 0 Å². The number of hydrogen-bond donors (Lipinski definition) is 1. The molecular weight excluding hydrogens is 485 g/mol. The van der Waals surface area contributed by atoms with Crippen LogP contribution < -0.4 is 9.62 Å². The van der Waals surface area contributed by atoms with Gasteiger partial charge in [-0.05, 0) is 49.4 Å². The number of methoxy groups -OCH3 is 1. The van der Waals surface area contributed by atoms with Crippen LogP contribution in [0, 0.1) is 6.92 Å². The molecule has 0 spiro atoms. The fourth-order valence-electron chi connectivity index (χ4n) is 3.19. The molecule has 1 N–H and O–H groups in total. The van der Waals surface area contributed by atoms with E-state index < -0.39 is 40.2 Å². The third-order valence-electron chi connectivity index (χ3n) is 4.96. The zero-order valence-corrected chi connectivity index (χ0v) is 19.5. The molecule has 184 valence electrons. The van der Waals surface area contributed by atoms with E-state index in [1.54, 1.807) is 13.0 Å². The van der Waals surface area contributed by atoms with Gasteiger partial charge in [-0.15, -0.1) is 0 Å². The van der Waals surface area contributed by atoms with E-state index in [9.17, 15) is 31.2 Å². The average molecular weight is 507 g/mol. The summed E-state index contributed by atoms with van der Waals surface area (Å²) >= 11 is 0. The van der Waals surface area contributed by atoms with E-state index in [1.165, 1.54) is 42.5 Å². The van der Waals surface area contributed by atoms with Gasteiger partial charge < -0.3 is 10.1 Å². The van der Waals surface area contributed by atoms with Crippen LogP contribution in [0.25, 0.3) is 0 Å². The van der Waals surface area contributed by atoms with E-state index in [1.807, 2.05) is 0 Å². The fourth-order valence-corrected chi connectivity index (χ4v) is 4.60. The summed E-state index contributed by atoms with van der Waals surface area (Å²) in [5.74, 6) is -1.61. The Balaban J connectivity index is 2.02. The number of carbonyl (C=O) groups is 2. The molecule has 11 heteroatoms. The molecule has 0 atom stereocenters. The lowest BCUT2D eigenvalue weighted by Crippen LogP contribution is -2.38. The first-order valence-electron chi connectivity index (χ1n) is 10.2. The smallest absolute Gasteiger partial charge is 0.416 e. The summed E-state index contributed by atoms with van der Waals surface area (Å²) in [7, 11) is -3.28. The van der Waals surface area contributed by atoms with Crippen LogP contribution in [-0.2, 0) is 25.7 Å². The van der Waals surface area contributed by atoms with Crippen molar-refractivity contribution in [2.45, 2.75) is 18.0 Å². The molecule has 0 heterocycles. The Kier molecular flexibility index (Phi) is 7.49. The Bertz CT molecular complexity index is 1340. The summed E-state index contributed by atoms with van der Waals surface area (Å²) < 4.78 is 72.0. The van der Waals surface area contributed by atoms with Crippen LogP contribution in [0.5, 0.6) is 0 Å². The maximum atomic E-state index is 13.4. The Morgan fingerprint density at radius 2 is 1.63 bits per heavy atom. The molecule has 1 amide bonds. The van der Waals surface area contributed by atoms with Crippen molar-refractivity contribution in [3.63, 3.8) is 0 Å². The van der Waals surface area contributed by atoms with E-state index in [0.29, 0.717) is 10.4 Å². The number of hydrogen-bond acceptors (Lipinski definition) is 5. The van der Waals surface area contributed by atoms with Crippen molar-refractivity contribution >= 4 is 33.3 Å². The van der Waals surface area contributed by atoms with E-state index in [2.05, 4.69) is 10.1 Å². The van der Waals surface area contributed by atoms with Gasteiger partial charge in [-0.2, -0.15) is 13.2 Å². The number of aryl methyl sites for hydroxylation is 1. The number of nitrogens with one attached hydrogen (secondary N) is 1. The molecule has 35 heavy (non-hydrogen) atoms. The van der Waals surface area contributed by atoms with Crippen LogP contribution >= 0.6 is 0 Å². The largest absolute Gasteiger partial charge is 0.465 e. The van der Waals surface area contributed by atoms with Gasteiger partial charge in [0.05, 0.1) is 34.5 Å². The number of para-hydroxylation sites is 1. The molecule has 0 saturated heterocycles. The molecule has 3 aromatic carbocycles. The van der Waals surface area contributed by atoms with Crippen molar-refractivity contribution < 1.29 is 35.9 Å². The Labute approximate surface area is 200 Å². The van der Waals surface area contributed by atoms with Gasteiger partial charge in [0, 0.05) is 0 Å². The van der Waals surface area contributed by atoms with Crippen LogP contribution in [0.1, 0.15) is 21.5 Å². The SMILES string of the molecule is COC(=O)c1ccccc1NC(=O)CN(c1cccc(C(F)(F)F)c1)S(=O)(=O)c1ccc(C)cc1. The molecule has 0 radical (unpaired) electrons. The van der Waals surface area contributed by atoms with Gasteiger partial charge in [-0.3, -0.25) is 9.10 Å². The standard InChI is InChI=1S/C24H21F3N2O5S/c1-16-10-12-19(13-11-16)35(32,33)29(18-7-5-6-17(14-18)24(25,26)27)15-22(30)28-21-9-4-3-8-20(21)23(31)34-2/h3-14H,15H2,1-2H3,(H,28,30). The monoisotopic (exact) mass is 506 g/mol. The van der Waals surface area contributed by atoms with Gasteiger partial charge >= 0.3 is 12.1 Å². The lowest BCUT2D eigenvalue weighted by atomic mass is 10.1. The third-order valence-corrected chi connectivity index (χ3v) is 6.75. The molecule has 0 fully saturated rings. The summed E-state index contributed by atoms with van der Waals surface area (Å²) in [6.07, 6.45) is -4.73. The highest BCUT2D eigenvalue weighted by molar-refractivity contribution is 7.92. The molecule has 0 aliphatic rings. The predicted molar refractivity (Wildman–Crippen MR) is 124 cm³/mol. The topological polar surface area (TPSA) is 92.8 Å². The van der Waals surface area contributed by atoms with Gasteiger partial charge in [0.1, 0.15) is 6.54 Å². The molecule has 0 aromatic heterocycles. The highest BCUT2D eigenvalue weighted by Crippen LogP contribution is 2.33. The zero-order valence-electron chi connectivity index (χ0n) is 18.7. The number of alkyl halides is 3. The minimum atomic E-state index is -4.73. The first-order valence-corrected chi connectivity index (χ1v) is 11.6. The van der Waals surface area contributed by atoms with E-state index in [-0.39, 0.29) is 21.8 Å². The molecule has 0 unspecified atom stereocenters. The number of benzene rings is 3. The number of rotatable bonds is 7. The minimum Gasteiger partial charge on any atom is -0.465 e. The number of halogens is 3. The van der Waals surface area contributed by atoms with Crippen molar-refractivity contribution in [2.24, 2.45) is 0 Å². The Morgan fingerprint density at radius 3 is 2.26 bits per heavy atom. The van der Waals surface area contributed by atoms with Crippen molar-refractivity contribution in [1.82, 2.24) is 0 Å². The number of esters is 1. The average Bonchev–Trinajstić information content (AvgIpc) is 2.82. The number of amides is 1. The highest BCUT2D eigenvalue weighted by atomic mass is 32.2. The molecule has 3 rings (SSSR count). The van der Waals surface area contributed by atoms with Crippen LogP contribution in [0.4, 0.5) is 24.5 Å². The molecule has 0 saturated carbocycles. The molecule has 0 bridgehead atoms. The first kappa shape index (κ1) is 25.8. The van der Waals surface area contributed by atoms with Crippen LogP contribution in [0.3, 0.4) is 0 Å². The summed E-state index contributed by atoms with van der Waals surface area (Å²) in [5, 5.41) is 2.44. The zero-order chi connectivity index (χ0) is 25.8. The fraction of sp³-hybridized carbons (Fsp3) is 0.167. The van der Waals surface area contributed by atoms with Gasteiger partial charge in [0.25, 0.3) is 10.0 Å². The van der Waals surface area contributed by atoms with Crippen LogP contribution in [0.15, 0.2) is 77.7 Å². The molecule has 0 aliphatic heterocycles. The molecule has 7 nitrogen and oxygen atoms in total. The van der Waals surface area contributed by atoms with Gasteiger partial charge in [0.15, 0.2) is 0 Å². The second-order valence-corrected chi connectivity index (χ2v) is 9.32. The first-order chi connectivity index (χ1) is 16.4. The summed E-state index contributed by atoms with van der Waals surface area (Å²) in [4.78, 5) is 24.7. The minimum absolute atomic E-state index is 0.0235. The van der Waals surface area contributed by atoms with E-state index in [0.717, 1.165) is 30.9 Å². The normalized spacial score (nSPS) is 11.6. The maximum Gasteiger partial charge on any atom is 0.416 e. The quantitative estimate of drug-likeness (QED) is 0.472. The summed E-state index contributed by atoms with van der Waals surface area (Å²) in [5.41, 5.74) is -0.574. The van der Waals surface area contributed by atoms with Crippen molar-refractivity contribution in [3.8, 4) is 0 Å². The maximum absolute atomic E-state index is 13.4. The number of nitrogens with zero attached hydrogens (tertiary/aromatic N) is 1. The lowest BCUT2D eigenvalue weighted by Gasteiger charge is -2.25. The summed E-state index contributed by atoms with van der Waals surface area (Å²) in [6.45, 7) is 0.889. The lowest BCUT2D eigenvalue weighted by molar-refractivity contribution is -0.137. The van der Waals surface area contributed by atoms with Crippen molar-refractivity contribution in [2.75, 3.05) is 23.3 Å². The number of anilines is 2. The second kappa shape index (κ2) is 10.2. The number of carbonyl (C=O) groups excluding carboxylic acids is 2. The molecule has 3 aromatic rings. The molecular formula is C24H21F3N2O5S. The summed E-state index contributed by atoms with van der Waals surface area (Å²) in [6, 6.07) is 15.2. The molecule has 0 aliphatic carbocycles. The van der Waals surface area contributed by atoms with Crippen LogP contribution in [-0.4, -0.2) is 33.9 Å². The van der Waals surface area contributed by atoms with Gasteiger partial charge in [0.2, 0.25) is 5.91 Å². The number of ether oxygens (including phenoxy) is 1. The van der Waals surface area contributed by atoms with Crippen molar-refractivity contribution in [3.05, 3.63) is 89.5 Å². The van der Waals surface area contributed by atoms with Crippen molar-refractivity contribution in [1.29, 1.82) is 0 Å². The highest BCUT2D eigenvalue weighted by Gasteiger charge is 2.33. The third kappa shape index (κ3) is 5.99. The van der Waals surface area contributed by atoms with E-state index in [4.69, 9.17) is 0 Å². The second-order valence-electron chi connectivity index (χ2n) is 7.46. The Morgan fingerprint density at radius 1 is 0.971 bits per heavy atom. The van der Waals surface area contributed by atoms with Gasteiger partial charge in [-0.1, -0.05) is 35.9 Å². The van der Waals surface area contributed by atoms with Crippen LogP contribution in [0.2, 0.25) is 0 Å². The predicted octanol–water partition coefficient (Wildman–Crippen LogP) is 4.63.